The summed E-state index contributed by atoms with van der Waals surface area (Å²) in [7, 11) is -3.62. The zero-order valence-corrected chi connectivity index (χ0v) is 18.8. The first-order valence-electron chi connectivity index (χ1n) is 10.1. The Morgan fingerprint density at radius 3 is 2.61 bits per heavy atom. The number of carbonyl (C=O) groups is 2. The van der Waals surface area contributed by atoms with Crippen LogP contribution in [0.4, 0.5) is 11.4 Å². The number of hydrogen-bond donors (Lipinski definition) is 2. The number of nitrogens with one attached hydrogen (secondary N) is 2. The van der Waals surface area contributed by atoms with Crippen LogP contribution in [0, 0.1) is 6.92 Å². The predicted octanol–water partition coefficient (Wildman–Crippen LogP) is 2.69. The summed E-state index contributed by atoms with van der Waals surface area (Å²) in [6.45, 7) is 5.54. The molecule has 0 aromatic heterocycles. The largest absolute Gasteiger partial charge is 0.476 e. The SMILES string of the molecule is CC[C@@H](C)NC(=O)c1ccccc1NC(=O)[C@H]1CN(S(C)(=O)=O)c2cc(C)ccc2O1. The van der Waals surface area contributed by atoms with E-state index in [2.05, 4.69) is 10.6 Å². The molecule has 3 rings (SSSR count). The Morgan fingerprint density at radius 2 is 1.94 bits per heavy atom. The van der Waals surface area contributed by atoms with Gasteiger partial charge in [0, 0.05) is 6.04 Å². The zero-order valence-electron chi connectivity index (χ0n) is 18.0. The molecule has 2 N–H and O–H groups in total. The number of benzene rings is 2. The quantitative estimate of drug-likeness (QED) is 0.711. The van der Waals surface area contributed by atoms with E-state index in [0.717, 1.165) is 18.2 Å². The number of rotatable bonds is 6. The molecular weight excluding hydrogens is 418 g/mol. The van der Waals surface area contributed by atoms with Gasteiger partial charge in [0.2, 0.25) is 10.0 Å². The number of anilines is 2. The molecule has 0 bridgehead atoms. The highest BCUT2D eigenvalue weighted by atomic mass is 32.2. The lowest BCUT2D eigenvalue weighted by molar-refractivity contribution is -0.122. The molecule has 1 aliphatic rings. The number of amides is 2. The van der Waals surface area contributed by atoms with E-state index in [1.54, 1.807) is 42.5 Å². The van der Waals surface area contributed by atoms with Crippen LogP contribution in [-0.4, -0.2) is 45.2 Å². The molecule has 2 aromatic rings. The van der Waals surface area contributed by atoms with Gasteiger partial charge in [-0.2, -0.15) is 0 Å². The highest BCUT2D eigenvalue weighted by Crippen LogP contribution is 2.36. The van der Waals surface area contributed by atoms with Gasteiger partial charge in [0.05, 0.1) is 29.7 Å². The van der Waals surface area contributed by atoms with Crippen LogP contribution >= 0.6 is 0 Å². The number of para-hydroxylation sites is 1. The van der Waals surface area contributed by atoms with E-state index in [4.69, 9.17) is 4.74 Å². The van der Waals surface area contributed by atoms with Crippen molar-refractivity contribution in [1.82, 2.24) is 5.32 Å². The molecule has 0 saturated carbocycles. The van der Waals surface area contributed by atoms with Gasteiger partial charge in [-0.05, 0) is 50.1 Å². The van der Waals surface area contributed by atoms with Crippen molar-refractivity contribution in [3.63, 3.8) is 0 Å². The summed E-state index contributed by atoms with van der Waals surface area (Å²) in [6, 6.07) is 11.8. The number of fused-ring (bicyclic) bond motifs is 1. The van der Waals surface area contributed by atoms with E-state index in [0.29, 0.717) is 22.7 Å². The normalized spacial score (nSPS) is 16.6. The van der Waals surface area contributed by atoms with Gasteiger partial charge in [0.15, 0.2) is 6.10 Å². The van der Waals surface area contributed by atoms with Crippen molar-refractivity contribution in [3.8, 4) is 5.75 Å². The molecule has 0 fully saturated rings. The third-order valence-corrected chi connectivity index (χ3v) is 6.24. The van der Waals surface area contributed by atoms with Crippen molar-refractivity contribution in [3.05, 3.63) is 53.6 Å². The summed E-state index contributed by atoms with van der Waals surface area (Å²) in [4.78, 5) is 25.6. The average molecular weight is 446 g/mol. The molecule has 9 heteroatoms. The molecule has 166 valence electrons. The summed E-state index contributed by atoms with van der Waals surface area (Å²) in [6.07, 6.45) is 0.792. The molecule has 2 atom stereocenters. The van der Waals surface area contributed by atoms with Crippen LogP contribution in [0.15, 0.2) is 42.5 Å². The van der Waals surface area contributed by atoms with Crippen LogP contribution in [0.25, 0.3) is 0 Å². The maximum atomic E-state index is 13.0. The van der Waals surface area contributed by atoms with Crippen LogP contribution in [0.1, 0.15) is 36.2 Å². The second kappa shape index (κ2) is 8.97. The summed E-state index contributed by atoms with van der Waals surface area (Å²) in [5.41, 5.74) is 1.93. The minimum Gasteiger partial charge on any atom is -0.476 e. The molecule has 8 nitrogen and oxygen atoms in total. The van der Waals surface area contributed by atoms with Gasteiger partial charge in [-0.15, -0.1) is 0 Å². The Hall–Kier alpha value is -3.07. The fourth-order valence-corrected chi connectivity index (χ4v) is 4.13. The first-order chi connectivity index (χ1) is 14.6. The number of aryl methyl sites for hydroxylation is 1. The van der Waals surface area contributed by atoms with E-state index in [1.807, 2.05) is 20.8 Å². The summed E-state index contributed by atoms with van der Waals surface area (Å²) >= 11 is 0. The number of carbonyl (C=O) groups excluding carboxylic acids is 2. The number of ether oxygens (including phenoxy) is 1. The standard InChI is InChI=1S/C22H27N3O5S/c1-5-15(3)23-21(26)16-8-6-7-9-17(16)24-22(27)20-13-25(31(4,28)29)18-12-14(2)10-11-19(18)30-20/h6-12,15,20H,5,13H2,1-4H3,(H,23,26)(H,24,27)/t15-,20-/m1/s1. The zero-order chi connectivity index (χ0) is 22.8. The lowest BCUT2D eigenvalue weighted by Gasteiger charge is -2.34. The minimum atomic E-state index is -3.62. The van der Waals surface area contributed by atoms with Crippen LogP contribution in [0.5, 0.6) is 5.75 Å². The first kappa shape index (κ1) is 22.6. The lowest BCUT2D eigenvalue weighted by atomic mass is 10.1. The van der Waals surface area contributed by atoms with E-state index in [-0.39, 0.29) is 18.5 Å². The van der Waals surface area contributed by atoms with Crippen LogP contribution < -0.4 is 19.7 Å². The van der Waals surface area contributed by atoms with Gasteiger partial charge in [-0.25, -0.2) is 8.42 Å². The van der Waals surface area contributed by atoms with Crippen molar-refractivity contribution in [2.24, 2.45) is 0 Å². The summed E-state index contributed by atoms with van der Waals surface area (Å²) < 4.78 is 31.7. The molecule has 0 radical (unpaired) electrons. The van der Waals surface area contributed by atoms with Gasteiger partial charge < -0.3 is 15.4 Å². The second-order valence-corrected chi connectivity index (χ2v) is 9.60. The first-order valence-corrected chi connectivity index (χ1v) is 11.9. The fourth-order valence-electron chi connectivity index (χ4n) is 3.22. The number of nitrogens with zero attached hydrogens (tertiary/aromatic N) is 1. The number of sulfonamides is 1. The fraction of sp³-hybridized carbons (Fsp3) is 0.364. The van der Waals surface area contributed by atoms with Crippen molar-refractivity contribution in [1.29, 1.82) is 0 Å². The van der Waals surface area contributed by atoms with Gasteiger partial charge >= 0.3 is 0 Å². The van der Waals surface area contributed by atoms with Crippen molar-refractivity contribution in [2.45, 2.75) is 39.3 Å². The Kier molecular flexibility index (Phi) is 6.54. The number of hydrogen-bond acceptors (Lipinski definition) is 5. The van der Waals surface area contributed by atoms with Crippen LogP contribution in [0.2, 0.25) is 0 Å². The van der Waals surface area contributed by atoms with Gasteiger partial charge in [-0.1, -0.05) is 25.1 Å². The van der Waals surface area contributed by atoms with Gasteiger partial charge in [0.25, 0.3) is 11.8 Å². The molecule has 2 aromatic carbocycles. The van der Waals surface area contributed by atoms with E-state index in [1.165, 1.54) is 4.31 Å². The maximum absolute atomic E-state index is 13.0. The van der Waals surface area contributed by atoms with E-state index in [9.17, 15) is 18.0 Å². The maximum Gasteiger partial charge on any atom is 0.267 e. The van der Waals surface area contributed by atoms with Crippen molar-refractivity contribution >= 4 is 33.2 Å². The van der Waals surface area contributed by atoms with E-state index >= 15 is 0 Å². The molecule has 0 aliphatic carbocycles. The highest BCUT2D eigenvalue weighted by molar-refractivity contribution is 7.92. The minimum absolute atomic E-state index is 0.0128. The third-order valence-electron chi connectivity index (χ3n) is 5.10. The van der Waals surface area contributed by atoms with Crippen molar-refractivity contribution < 1.29 is 22.7 Å². The highest BCUT2D eigenvalue weighted by Gasteiger charge is 2.35. The monoisotopic (exact) mass is 445 g/mol. The van der Waals surface area contributed by atoms with Gasteiger partial charge in [0.1, 0.15) is 5.75 Å². The topological polar surface area (TPSA) is 105 Å². The Labute approximate surface area is 182 Å². The molecule has 0 spiro atoms. The average Bonchev–Trinajstić information content (AvgIpc) is 2.72. The molecule has 2 amide bonds. The third kappa shape index (κ3) is 5.16. The predicted molar refractivity (Wildman–Crippen MR) is 120 cm³/mol. The van der Waals surface area contributed by atoms with Crippen LogP contribution in [-0.2, 0) is 14.8 Å². The second-order valence-electron chi connectivity index (χ2n) is 7.69. The molecule has 1 heterocycles. The van der Waals surface area contributed by atoms with E-state index < -0.39 is 22.0 Å². The van der Waals surface area contributed by atoms with Gasteiger partial charge in [-0.3, -0.25) is 13.9 Å². The molecule has 0 unspecified atom stereocenters. The summed E-state index contributed by atoms with van der Waals surface area (Å²) in [5.74, 6) is -0.526. The smallest absolute Gasteiger partial charge is 0.267 e. The van der Waals surface area contributed by atoms with Crippen molar-refractivity contribution in [2.75, 3.05) is 22.4 Å². The Bertz CT molecular complexity index is 1100. The lowest BCUT2D eigenvalue weighted by Crippen LogP contribution is -2.48. The molecule has 31 heavy (non-hydrogen) atoms. The van der Waals surface area contributed by atoms with Crippen LogP contribution in [0.3, 0.4) is 0 Å². The molecular formula is C22H27N3O5S. The summed E-state index contributed by atoms with van der Waals surface area (Å²) in [5, 5.41) is 5.60. The molecule has 0 saturated heterocycles. The Morgan fingerprint density at radius 1 is 1.23 bits per heavy atom. The Balaban J connectivity index is 1.85. The molecule has 1 aliphatic heterocycles.